The van der Waals surface area contributed by atoms with Gasteiger partial charge in [-0.2, -0.15) is 0 Å². The first-order chi connectivity index (χ1) is 7.92. The maximum Gasteiger partial charge on any atom is 0.0621 e. The fraction of sp³-hybridized carbons (Fsp3) is 1.00. The van der Waals surface area contributed by atoms with Crippen LogP contribution >= 0.6 is 0 Å². The third-order valence-electron chi connectivity index (χ3n) is 4.15. The SMILES string of the molecule is C1COCC(N2CCCC(NC3CC3)C2)C1. The minimum absolute atomic E-state index is 0.706. The summed E-state index contributed by atoms with van der Waals surface area (Å²) in [6.07, 6.45) is 8.14. The molecule has 2 unspecified atom stereocenters. The van der Waals surface area contributed by atoms with E-state index in [2.05, 4.69) is 10.2 Å². The Bertz CT molecular complexity index is 224. The molecule has 1 N–H and O–H groups in total. The Morgan fingerprint density at radius 1 is 1.00 bits per heavy atom. The number of nitrogens with one attached hydrogen (secondary N) is 1. The number of piperidine rings is 1. The largest absolute Gasteiger partial charge is 0.380 e. The summed E-state index contributed by atoms with van der Waals surface area (Å²) in [4.78, 5) is 2.67. The lowest BCUT2D eigenvalue weighted by molar-refractivity contribution is 0.00570. The van der Waals surface area contributed by atoms with Crippen molar-refractivity contribution < 1.29 is 4.74 Å². The number of likely N-dealkylation sites (tertiary alicyclic amines) is 1. The molecule has 2 aliphatic heterocycles. The maximum atomic E-state index is 5.60. The van der Waals surface area contributed by atoms with Crippen LogP contribution in [0.15, 0.2) is 0 Å². The van der Waals surface area contributed by atoms with Gasteiger partial charge in [0, 0.05) is 31.3 Å². The quantitative estimate of drug-likeness (QED) is 0.784. The van der Waals surface area contributed by atoms with E-state index in [4.69, 9.17) is 4.74 Å². The summed E-state index contributed by atoms with van der Waals surface area (Å²) in [5.74, 6) is 0. The second-order valence-corrected chi connectivity index (χ2v) is 5.65. The Morgan fingerprint density at radius 3 is 2.69 bits per heavy atom. The lowest BCUT2D eigenvalue weighted by atomic mass is 10.0. The molecular weight excluding hydrogens is 200 g/mol. The molecule has 1 saturated carbocycles. The van der Waals surface area contributed by atoms with E-state index in [1.54, 1.807) is 0 Å². The second kappa shape index (κ2) is 5.03. The predicted molar refractivity (Wildman–Crippen MR) is 64.6 cm³/mol. The number of ether oxygens (including phenoxy) is 1. The Kier molecular flexibility index (Phi) is 3.46. The monoisotopic (exact) mass is 224 g/mol. The highest BCUT2D eigenvalue weighted by molar-refractivity contribution is 4.89. The first kappa shape index (κ1) is 11.0. The molecule has 0 radical (unpaired) electrons. The molecule has 0 spiro atoms. The third kappa shape index (κ3) is 2.76. The van der Waals surface area contributed by atoms with Crippen molar-refractivity contribution in [3.8, 4) is 0 Å². The molecule has 2 saturated heterocycles. The van der Waals surface area contributed by atoms with E-state index in [1.807, 2.05) is 0 Å². The van der Waals surface area contributed by atoms with Crippen LogP contribution in [-0.2, 0) is 4.74 Å². The molecule has 3 rings (SSSR count). The zero-order valence-electron chi connectivity index (χ0n) is 10.2. The number of hydrogen-bond donors (Lipinski definition) is 1. The molecule has 0 aromatic heterocycles. The van der Waals surface area contributed by atoms with E-state index in [1.165, 1.54) is 51.6 Å². The lowest BCUT2D eigenvalue weighted by Gasteiger charge is -2.40. The number of hydrogen-bond acceptors (Lipinski definition) is 3. The van der Waals surface area contributed by atoms with E-state index in [0.717, 1.165) is 25.3 Å². The van der Waals surface area contributed by atoms with E-state index in [-0.39, 0.29) is 0 Å². The number of nitrogens with zero attached hydrogens (tertiary/aromatic N) is 1. The Balaban J connectivity index is 1.49. The fourth-order valence-electron chi connectivity index (χ4n) is 3.07. The molecule has 3 heteroatoms. The third-order valence-corrected chi connectivity index (χ3v) is 4.15. The molecular formula is C13H24N2O. The molecule has 1 aliphatic carbocycles. The van der Waals surface area contributed by atoms with Crippen molar-refractivity contribution in [3.05, 3.63) is 0 Å². The predicted octanol–water partition coefficient (Wildman–Crippen LogP) is 1.38. The Labute approximate surface area is 98.5 Å². The number of rotatable bonds is 3. The summed E-state index contributed by atoms with van der Waals surface area (Å²) in [5, 5.41) is 3.78. The van der Waals surface area contributed by atoms with Crippen LogP contribution in [0, 0.1) is 0 Å². The van der Waals surface area contributed by atoms with Crippen LogP contribution in [0.3, 0.4) is 0 Å². The molecule has 92 valence electrons. The molecule has 0 amide bonds. The van der Waals surface area contributed by atoms with Gasteiger partial charge in [-0.3, -0.25) is 4.90 Å². The highest BCUT2D eigenvalue weighted by Gasteiger charge is 2.30. The highest BCUT2D eigenvalue weighted by atomic mass is 16.5. The molecule has 0 aromatic rings. The summed E-state index contributed by atoms with van der Waals surface area (Å²) in [7, 11) is 0. The van der Waals surface area contributed by atoms with Gasteiger partial charge < -0.3 is 10.1 Å². The highest BCUT2D eigenvalue weighted by Crippen LogP contribution is 2.23. The summed E-state index contributed by atoms with van der Waals surface area (Å²) in [6.45, 7) is 4.49. The van der Waals surface area contributed by atoms with Gasteiger partial charge >= 0.3 is 0 Å². The molecule has 3 aliphatic rings. The van der Waals surface area contributed by atoms with Gasteiger partial charge in [-0.1, -0.05) is 0 Å². The van der Waals surface area contributed by atoms with Crippen LogP contribution in [-0.4, -0.2) is 49.3 Å². The van der Waals surface area contributed by atoms with Crippen molar-refractivity contribution in [1.29, 1.82) is 0 Å². The summed E-state index contributed by atoms with van der Waals surface area (Å²) in [6, 6.07) is 2.31. The van der Waals surface area contributed by atoms with Crippen molar-refractivity contribution in [1.82, 2.24) is 10.2 Å². The molecule has 16 heavy (non-hydrogen) atoms. The van der Waals surface area contributed by atoms with Crippen LogP contribution in [0.25, 0.3) is 0 Å². The van der Waals surface area contributed by atoms with Crippen LogP contribution in [0.4, 0.5) is 0 Å². The van der Waals surface area contributed by atoms with E-state index in [9.17, 15) is 0 Å². The molecule has 3 fully saturated rings. The molecule has 3 nitrogen and oxygen atoms in total. The first-order valence-electron chi connectivity index (χ1n) is 6.99. The Hall–Kier alpha value is -0.120. The van der Waals surface area contributed by atoms with Crippen LogP contribution in [0.1, 0.15) is 38.5 Å². The van der Waals surface area contributed by atoms with Gasteiger partial charge in [0.05, 0.1) is 6.61 Å². The van der Waals surface area contributed by atoms with E-state index >= 15 is 0 Å². The topological polar surface area (TPSA) is 24.5 Å². The van der Waals surface area contributed by atoms with Gasteiger partial charge in [-0.25, -0.2) is 0 Å². The average molecular weight is 224 g/mol. The van der Waals surface area contributed by atoms with Gasteiger partial charge in [0.1, 0.15) is 0 Å². The zero-order valence-corrected chi connectivity index (χ0v) is 10.2. The maximum absolute atomic E-state index is 5.60. The summed E-state index contributed by atoms with van der Waals surface area (Å²) < 4.78 is 5.60. The first-order valence-corrected chi connectivity index (χ1v) is 6.99. The molecule has 0 bridgehead atoms. The van der Waals surface area contributed by atoms with Gasteiger partial charge in [-0.05, 0) is 45.1 Å². The van der Waals surface area contributed by atoms with Gasteiger partial charge in [0.2, 0.25) is 0 Å². The molecule has 2 heterocycles. The van der Waals surface area contributed by atoms with Crippen LogP contribution in [0.5, 0.6) is 0 Å². The van der Waals surface area contributed by atoms with Gasteiger partial charge in [0.25, 0.3) is 0 Å². The van der Waals surface area contributed by atoms with Gasteiger partial charge in [-0.15, -0.1) is 0 Å². The minimum Gasteiger partial charge on any atom is -0.380 e. The van der Waals surface area contributed by atoms with Crippen molar-refractivity contribution in [2.24, 2.45) is 0 Å². The van der Waals surface area contributed by atoms with Crippen molar-refractivity contribution >= 4 is 0 Å². The van der Waals surface area contributed by atoms with Crippen molar-refractivity contribution in [2.75, 3.05) is 26.3 Å². The fourth-order valence-corrected chi connectivity index (χ4v) is 3.07. The van der Waals surface area contributed by atoms with Crippen LogP contribution in [0.2, 0.25) is 0 Å². The Morgan fingerprint density at radius 2 is 1.94 bits per heavy atom. The van der Waals surface area contributed by atoms with Crippen molar-refractivity contribution in [3.63, 3.8) is 0 Å². The standard InChI is InChI=1S/C13H24N2O/c1-3-12(14-11-5-6-11)9-15(7-1)13-4-2-8-16-10-13/h11-14H,1-10H2. The molecule has 2 atom stereocenters. The zero-order chi connectivity index (χ0) is 10.8. The average Bonchev–Trinajstić information content (AvgIpc) is 3.15. The smallest absolute Gasteiger partial charge is 0.0621 e. The summed E-state index contributed by atoms with van der Waals surface area (Å²) in [5.41, 5.74) is 0. The minimum atomic E-state index is 0.706. The van der Waals surface area contributed by atoms with Gasteiger partial charge in [0.15, 0.2) is 0 Å². The van der Waals surface area contributed by atoms with Crippen molar-refractivity contribution in [2.45, 2.75) is 56.7 Å². The summed E-state index contributed by atoms with van der Waals surface area (Å²) >= 11 is 0. The van der Waals surface area contributed by atoms with Crippen LogP contribution < -0.4 is 5.32 Å². The van der Waals surface area contributed by atoms with E-state index in [0.29, 0.717) is 6.04 Å². The van der Waals surface area contributed by atoms with E-state index < -0.39 is 0 Å². The molecule has 0 aromatic carbocycles. The lowest BCUT2D eigenvalue weighted by Crippen LogP contribution is -2.52. The second-order valence-electron chi connectivity index (χ2n) is 5.65. The normalized spacial score (nSPS) is 37.5.